The van der Waals surface area contributed by atoms with Crippen molar-refractivity contribution in [2.24, 2.45) is 0 Å². The fourth-order valence-corrected chi connectivity index (χ4v) is 4.00. The predicted octanol–water partition coefficient (Wildman–Crippen LogP) is 4.71. The Hall–Kier alpha value is -1.99. The second kappa shape index (κ2) is 8.79. The van der Waals surface area contributed by atoms with Crippen molar-refractivity contribution in [3.05, 3.63) is 64.7 Å². The van der Waals surface area contributed by atoms with E-state index in [9.17, 15) is 26.7 Å². The van der Waals surface area contributed by atoms with Crippen molar-refractivity contribution in [1.29, 1.82) is 5.26 Å². The quantitative estimate of drug-likeness (QED) is 0.630. The average molecular weight is 462 g/mol. The number of benzene rings is 2. The van der Waals surface area contributed by atoms with E-state index < -0.39 is 27.4 Å². The summed E-state index contributed by atoms with van der Waals surface area (Å²) in [7, 11) is -3.41. The zero-order chi connectivity index (χ0) is 21.9. The number of aliphatic hydroxyl groups is 1. The Bertz CT molecular complexity index is 1060. The van der Waals surface area contributed by atoms with Crippen LogP contribution in [0, 0.1) is 11.3 Å². The van der Waals surface area contributed by atoms with Gasteiger partial charge in [-0.05, 0) is 48.0 Å². The number of thioether (sulfide) groups is 1. The molecule has 0 aromatic heterocycles. The molecule has 0 saturated carbocycles. The van der Waals surface area contributed by atoms with E-state index in [0.29, 0.717) is 16.5 Å². The molecule has 1 N–H and O–H groups in total. The Kier molecular flexibility index (Phi) is 7.06. The summed E-state index contributed by atoms with van der Waals surface area (Å²) in [5.74, 6) is -0.741. The van der Waals surface area contributed by atoms with Crippen molar-refractivity contribution in [3.63, 3.8) is 0 Å². The van der Waals surface area contributed by atoms with Crippen molar-refractivity contribution in [1.82, 2.24) is 0 Å². The van der Waals surface area contributed by atoms with Crippen molar-refractivity contribution < 1.29 is 26.7 Å². The third-order valence-electron chi connectivity index (χ3n) is 3.87. The second-order valence-corrected chi connectivity index (χ2v) is 9.61. The molecule has 0 bridgehead atoms. The highest BCUT2D eigenvalue weighted by atomic mass is 35.5. The van der Waals surface area contributed by atoms with Crippen molar-refractivity contribution in [2.45, 2.75) is 21.6 Å². The summed E-state index contributed by atoms with van der Waals surface area (Å²) in [4.78, 5) is 0.417. The van der Waals surface area contributed by atoms with Crippen LogP contribution in [0.25, 0.3) is 6.08 Å². The first-order valence-corrected chi connectivity index (χ1v) is 11.2. The van der Waals surface area contributed by atoms with E-state index in [0.717, 1.165) is 24.1 Å². The normalized spacial score (nSPS) is 14.5. The number of alkyl halides is 3. The molecule has 0 heterocycles. The topological polar surface area (TPSA) is 78.2 Å². The molecular formula is C19H15ClF3NO3S2. The predicted molar refractivity (Wildman–Crippen MR) is 106 cm³/mol. The first-order valence-electron chi connectivity index (χ1n) is 7.97. The highest BCUT2D eigenvalue weighted by molar-refractivity contribution is 7.99. The molecule has 2 rings (SSSR count). The third kappa shape index (κ3) is 6.00. The first-order chi connectivity index (χ1) is 13.4. The lowest BCUT2D eigenvalue weighted by molar-refractivity contribution is -0.230. The summed E-state index contributed by atoms with van der Waals surface area (Å²) in [6.45, 7) is 0. The van der Waals surface area contributed by atoms with Crippen LogP contribution in [0.15, 0.2) is 58.3 Å². The van der Waals surface area contributed by atoms with Gasteiger partial charge >= 0.3 is 6.18 Å². The second-order valence-electron chi connectivity index (χ2n) is 6.14. The van der Waals surface area contributed by atoms with Crippen LogP contribution in [0.3, 0.4) is 0 Å². The monoisotopic (exact) mass is 461 g/mol. The standard InChI is InChI=1S/C19H15ClF3NO3S2/c1-29(26,27)16-6-4-15(5-7-16)28-12-18(25,19(21,22)23)9-8-13-2-3-14(11-24)17(20)10-13/h2-10,25H,12H2,1H3. The molecule has 154 valence electrons. The molecule has 0 saturated heterocycles. The summed E-state index contributed by atoms with van der Waals surface area (Å²) in [5.41, 5.74) is -2.66. The maximum atomic E-state index is 13.5. The van der Waals surface area contributed by atoms with E-state index in [-0.39, 0.29) is 15.5 Å². The van der Waals surface area contributed by atoms with Crippen LogP contribution in [0.1, 0.15) is 11.1 Å². The lowest BCUT2D eigenvalue weighted by Gasteiger charge is -2.27. The molecule has 0 aliphatic heterocycles. The van der Waals surface area contributed by atoms with Gasteiger partial charge < -0.3 is 5.11 Å². The molecule has 0 aliphatic rings. The number of hydrogen-bond donors (Lipinski definition) is 1. The molecule has 0 aliphatic carbocycles. The van der Waals surface area contributed by atoms with Crippen LogP contribution < -0.4 is 0 Å². The van der Waals surface area contributed by atoms with Gasteiger partial charge in [0.05, 0.1) is 15.5 Å². The van der Waals surface area contributed by atoms with E-state index in [1.807, 2.05) is 6.07 Å². The van der Waals surface area contributed by atoms with Crippen LogP contribution in [-0.2, 0) is 9.84 Å². The van der Waals surface area contributed by atoms with E-state index >= 15 is 0 Å². The van der Waals surface area contributed by atoms with Crippen LogP contribution in [0.5, 0.6) is 0 Å². The van der Waals surface area contributed by atoms with E-state index in [4.69, 9.17) is 16.9 Å². The fourth-order valence-electron chi connectivity index (χ4n) is 2.16. The molecular weight excluding hydrogens is 447 g/mol. The molecule has 10 heteroatoms. The number of sulfone groups is 1. The molecule has 2 aromatic carbocycles. The molecule has 1 unspecified atom stereocenters. The number of nitriles is 1. The molecule has 2 aromatic rings. The van der Waals surface area contributed by atoms with Gasteiger partial charge in [0.25, 0.3) is 0 Å². The van der Waals surface area contributed by atoms with Gasteiger partial charge in [0.15, 0.2) is 15.4 Å². The van der Waals surface area contributed by atoms with Gasteiger partial charge in [0.2, 0.25) is 0 Å². The molecule has 0 amide bonds. The van der Waals surface area contributed by atoms with Gasteiger partial charge in [0.1, 0.15) is 6.07 Å². The smallest absolute Gasteiger partial charge is 0.376 e. The van der Waals surface area contributed by atoms with Crippen LogP contribution in [0.4, 0.5) is 13.2 Å². The minimum Gasteiger partial charge on any atom is -0.376 e. The van der Waals surface area contributed by atoms with Crippen LogP contribution in [0.2, 0.25) is 5.02 Å². The summed E-state index contributed by atoms with van der Waals surface area (Å²) < 4.78 is 63.3. The van der Waals surface area contributed by atoms with E-state index in [2.05, 4.69) is 0 Å². The summed E-state index contributed by atoms with van der Waals surface area (Å²) in [6, 6.07) is 11.3. The lowest BCUT2D eigenvalue weighted by atomic mass is 10.0. The minimum atomic E-state index is -4.94. The lowest BCUT2D eigenvalue weighted by Crippen LogP contribution is -2.45. The molecule has 0 radical (unpaired) electrons. The maximum absolute atomic E-state index is 13.5. The van der Waals surface area contributed by atoms with Gasteiger partial charge in [-0.1, -0.05) is 23.7 Å². The minimum absolute atomic E-state index is 0.0468. The van der Waals surface area contributed by atoms with Crippen LogP contribution in [-0.4, -0.2) is 37.3 Å². The number of rotatable bonds is 6. The van der Waals surface area contributed by atoms with Gasteiger partial charge in [-0.3, -0.25) is 0 Å². The third-order valence-corrected chi connectivity index (χ3v) is 6.50. The molecule has 0 spiro atoms. The highest BCUT2D eigenvalue weighted by Crippen LogP contribution is 2.37. The van der Waals surface area contributed by atoms with Gasteiger partial charge in [-0.15, -0.1) is 11.8 Å². The maximum Gasteiger partial charge on any atom is 0.421 e. The van der Waals surface area contributed by atoms with Crippen molar-refractivity contribution in [2.75, 3.05) is 12.0 Å². The number of hydrogen-bond acceptors (Lipinski definition) is 5. The first kappa shape index (κ1) is 23.3. The largest absolute Gasteiger partial charge is 0.421 e. The Morgan fingerprint density at radius 1 is 1.21 bits per heavy atom. The molecule has 29 heavy (non-hydrogen) atoms. The SMILES string of the molecule is CS(=O)(=O)c1ccc(SCC(O)(C=Cc2ccc(C#N)c(Cl)c2)C(F)(F)F)cc1. The summed E-state index contributed by atoms with van der Waals surface area (Å²) >= 11 is 6.60. The average Bonchev–Trinajstić information content (AvgIpc) is 2.63. The van der Waals surface area contributed by atoms with Crippen molar-refractivity contribution in [3.8, 4) is 6.07 Å². The van der Waals surface area contributed by atoms with E-state index in [1.54, 1.807) is 0 Å². The zero-order valence-electron chi connectivity index (χ0n) is 14.9. The Labute approximate surface area is 175 Å². The van der Waals surface area contributed by atoms with Gasteiger partial charge in [-0.25, -0.2) is 8.42 Å². The number of nitrogens with zero attached hydrogens (tertiary/aromatic N) is 1. The van der Waals surface area contributed by atoms with Gasteiger partial charge in [0, 0.05) is 16.9 Å². The number of halogens is 4. The Morgan fingerprint density at radius 2 is 1.83 bits per heavy atom. The van der Waals surface area contributed by atoms with Crippen molar-refractivity contribution >= 4 is 39.3 Å². The molecule has 1 atom stereocenters. The zero-order valence-corrected chi connectivity index (χ0v) is 17.3. The fraction of sp³-hybridized carbons (Fsp3) is 0.211. The van der Waals surface area contributed by atoms with Gasteiger partial charge in [-0.2, -0.15) is 18.4 Å². The summed E-state index contributed by atoms with van der Waals surface area (Å²) in [5, 5.41) is 19.1. The highest BCUT2D eigenvalue weighted by Gasteiger charge is 2.51. The molecule has 0 fully saturated rings. The Balaban J connectivity index is 2.22. The summed E-state index contributed by atoms with van der Waals surface area (Å²) in [6.07, 6.45) is -2.21. The Morgan fingerprint density at radius 3 is 2.31 bits per heavy atom. The molecule has 4 nitrogen and oxygen atoms in total. The van der Waals surface area contributed by atoms with Crippen LogP contribution >= 0.6 is 23.4 Å². The van der Waals surface area contributed by atoms with E-state index in [1.165, 1.54) is 42.5 Å².